The van der Waals surface area contributed by atoms with Gasteiger partial charge in [-0.1, -0.05) is 13.0 Å². The number of amides is 1. The summed E-state index contributed by atoms with van der Waals surface area (Å²) in [4.78, 5) is 12.1. The standard InChI is InChI=1S/C15H22N2O2/c1-2-9-19-14-7-3-5-12(10-14)15(18)17-13-6-4-8-16-11-13/h3,5,7,10,13,16H,2,4,6,8-9,11H2,1H3,(H,17,18)/t13-/m1/s1. The molecule has 104 valence electrons. The van der Waals surface area contributed by atoms with Crippen LogP contribution in [0.15, 0.2) is 24.3 Å². The average molecular weight is 262 g/mol. The van der Waals surface area contributed by atoms with Gasteiger partial charge in [0.05, 0.1) is 6.61 Å². The third kappa shape index (κ3) is 4.24. The minimum atomic E-state index is -0.0179. The molecule has 0 unspecified atom stereocenters. The lowest BCUT2D eigenvalue weighted by Crippen LogP contribution is -2.45. The number of carbonyl (C=O) groups excluding carboxylic acids is 1. The molecule has 1 heterocycles. The summed E-state index contributed by atoms with van der Waals surface area (Å²) >= 11 is 0. The van der Waals surface area contributed by atoms with Crippen molar-refractivity contribution in [2.45, 2.75) is 32.2 Å². The molecule has 4 heteroatoms. The molecule has 4 nitrogen and oxygen atoms in total. The van der Waals surface area contributed by atoms with E-state index < -0.39 is 0 Å². The van der Waals surface area contributed by atoms with Crippen molar-refractivity contribution in [3.8, 4) is 5.75 Å². The van der Waals surface area contributed by atoms with Crippen LogP contribution in [0.4, 0.5) is 0 Å². The number of piperidine rings is 1. The van der Waals surface area contributed by atoms with Crippen molar-refractivity contribution >= 4 is 5.91 Å². The summed E-state index contributed by atoms with van der Waals surface area (Å²) in [6, 6.07) is 7.61. The van der Waals surface area contributed by atoms with E-state index in [1.165, 1.54) is 0 Å². The van der Waals surface area contributed by atoms with Crippen LogP contribution in [0.25, 0.3) is 0 Å². The number of ether oxygens (including phenoxy) is 1. The van der Waals surface area contributed by atoms with Crippen LogP contribution in [-0.4, -0.2) is 31.6 Å². The van der Waals surface area contributed by atoms with Crippen LogP contribution in [0.1, 0.15) is 36.5 Å². The maximum Gasteiger partial charge on any atom is 0.251 e. The molecular weight excluding hydrogens is 240 g/mol. The highest BCUT2D eigenvalue weighted by molar-refractivity contribution is 5.94. The van der Waals surface area contributed by atoms with Gasteiger partial charge >= 0.3 is 0 Å². The molecule has 1 amide bonds. The normalized spacial score (nSPS) is 18.9. The van der Waals surface area contributed by atoms with Gasteiger partial charge in [-0.15, -0.1) is 0 Å². The first-order chi connectivity index (χ1) is 9.29. The second-order valence-corrected chi connectivity index (χ2v) is 4.89. The number of hydrogen-bond donors (Lipinski definition) is 2. The number of rotatable bonds is 5. The minimum Gasteiger partial charge on any atom is -0.494 e. The molecule has 0 aromatic heterocycles. The van der Waals surface area contributed by atoms with Crippen LogP contribution in [-0.2, 0) is 0 Å². The lowest BCUT2D eigenvalue weighted by molar-refractivity contribution is 0.0930. The van der Waals surface area contributed by atoms with E-state index in [-0.39, 0.29) is 11.9 Å². The molecule has 0 saturated carbocycles. The Hall–Kier alpha value is -1.55. The third-order valence-electron chi connectivity index (χ3n) is 3.20. The van der Waals surface area contributed by atoms with Crippen LogP contribution in [0, 0.1) is 0 Å². The van der Waals surface area contributed by atoms with Crippen LogP contribution < -0.4 is 15.4 Å². The van der Waals surface area contributed by atoms with Crippen LogP contribution in [0.5, 0.6) is 5.75 Å². The van der Waals surface area contributed by atoms with Gasteiger partial charge in [0.25, 0.3) is 5.91 Å². The van der Waals surface area contributed by atoms with E-state index in [0.717, 1.165) is 38.1 Å². The molecule has 1 aliphatic rings. The number of nitrogens with one attached hydrogen (secondary N) is 2. The topological polar surface area (TPSA) is 50.4 Å². The monoisotopic (exact) mass is 262 g/mol. The number of benzene rings is 1. The molecule has 1 aromatic carbocycles. The van der Waals surface area contributed by atoms with Gasteiger partial charge in [-0.3, -0.25) is 4.79 Å². The zero-order valence-electron chi connectivity index (χ0n) is 11.4. The number of carbonyl (C=O) groups is 1. The Morgan fingerprint density at radius 1 is 1.53 bits per heavy atom. The summed E-state index contributed by atoms with van der Waals surface area (Å²) in [6.07, 6.45) is 3.12. The fraction of sp³-hybridized carbons (Fsp3) is 0.533. The van der Waals surface area contributed by atoms with Crippen molar-refractivity contribution in [1.82, 2.24) is 10.6 Å². The molecule has 0 radical (unpaired) electrons. The summed E-state index contributed by atoms with van der Waals surface area (Å²) in [5, 5.41) is 6.35. The first-order valence-corrected chi connectivity index (χ1v) is 7.04. The molecule has 0 bridgehead atoms. The molecule has 1 saturated heterocycles. The summed E-state index contributed by atoms with van der Waals surface area (Å²) in [5.41, 5.74) is 0.666. The number of hydrogen-bond acceptors (Lipinski definition) is 3. The Bertz CT molecular complexity index is 414. The summed E-state index contributed by atoms with van der Waals surface area (Å²) in [6.45, 7) is 4.65. The Morgan fingerprint density at radius 3 is 3.16 bits per heavy atom. The SMILES string of the molecule is CCCOc1cccc(C(=O)N[C@@H]2CCCNC2)c1. The minimum absolute atomic E-state index is 0.0179. The molecule has 1 aromatic rings. The molecule has 1 atom stereocenters. The van der Waals surface area contributed by atoms with Crippen molar-refractivity contribution in [1.29, 1.82) is 0 Å². The maximum atomic E-state index is 12.1. The Kier molecular flexibility index (Phi) is 5.21. The zero-order valence-corrected chi connectivity index (χ0v) is 11.4. The fourth-order valence-corrected chi connectivity index (χ4v) is 2.19. The van der Waals surface area contributed by atoms with Crippen LogP contribution in [0.3, 0.4) is 0 Å². The van der Waals surface area contributed by atoms with Gasteiger partial charge in [-0.2, -0.15) is 0 Å². The maximum absolute atomic E-state index is 12.1. The van der Waals surface area contributed by atoms with Crippen molar-refractivity contribution in [3.63, 3.8) is 0 Å². The van der Waals surface area contributed by atoms with Gasteiger partial charge in [0.15, 0.2) is 0 Å². The van der Waals surface area contributed by atoms with Crippen molar-refractivity contribution in [3.05, 3.63) is 29.8 Å². The fourth-order valence-electron chi connectivity index (χ4n) is 2.19. The first-order valence-electron chi connectivity index (χ1n) is 7.04. The highest BCUT2D eigenvalue weighted by atomic mass is 16.5. The molecule has 19 heavy (non-hydrogen) atoms. The van der Waals surface area contributed by atoms with E-state index in [0.29, 0.717) is 12.2 Å². The largest absolute Gasteiger partial charge is 0.494 e. The molecule has 1 aliphatic heterocycles. The van der Waals surface area contributed by atoms with E-state index in [4.69, 9.17) is 4.74 Å². The third-order valence-corrected chi connectivity index (χ3v) is 3.20. The lowest BCUT2D eigenvalue weighted by atomic mass is 10.1. The molecule has 2 rings (SSSR count). The molecule has 2 N–H and O–H groups in total. The van der Waals surface area contributed by atoms with E-state index >= 15 is 0 Å². The van der Waals surface area contributed by atoms with Crippen LogP contribution in [0.2, 0.25) is 0 Å². The quantitative estimate of drug-likeness (QED) is 0.853. The van der Waals surface area contributed by atoms with E-state index in [1.54, 1.807) is 6.07 Å². The Labute approximate surface area is 114 Å². The van der Waals surface area contributed by atoms with Gasteiger partial charge in [0, 0.05) is 18.2 Å². The van der Waals surface area contributed by atoms with Crippen LogP contribution >= 0.6 is 0 Å². The van der Waals surface area contributed by atoms with Crippen molar-refractivity contribution in [2.75, 3.05) is 19.7 Å². The molecular formula is C15H22N2O2. The Morgan fingerprint density at radius 2 is 2.42 bits per heavy atom. The summed E-state index contributed by atoms with van der Waals surface area (Å²) in [7, 11) is 0. The molecule has 0 aliphatic carbocycles. The van der Waals surface area contributed by atoms with Crippen molar-refractivity contribution < 1.29 is 9.53 Å². The Balaban J connectivity index is 1.93. The summed E-state index contributed by atoms with van der Waals surface area (Å²) < 4.78 is 5.54. The summed E-state index contributed by atoms with van der Waals surface area (Å²) in [5.74, 6) is 0.743. The van der Waals surface area contributed by atoms with E-state index in [2.05, 4.69) is 17.6 Å². The second-order valence-electron chi connectivity index (χ2n) is 4.89. The smallest absolute Gasteiger partial charge is 0.251 e. The van der Waals surface area contributed by atoms with Gasteiger partial charge in [-0.05, 0) is 44.0 Å². The first kappa shape index (κ1) is 13.9. The predicted octanol–water partition coefficient (Wildman–Crippen LogP) is 1.96. The van der Waals surface area contributed by atoms with Gasteiger partial charge in [-0.25, -0.2) is 0 Å². The lowest BCUT2D eigenvalue weighted by Gasteiger charge is -2.23. The van der Waals surface area contributed by atoms with Gasteiger partial charge in [0.1, 0.15) is 5.75 Å². The van der Waals surface area contributed by atoms with Crippen molar-refractivity contribution in [2.24, 2.45) is 0 Å². The highest BCUT2D eigenvalue weighted by Crippen LogP contribution is 2.14. The second kappa shape index (κ2) is 7.14. The zero-order chi connectivity index (χ0) is 13.5. The average Bonchev–Trinajstić information content (AvgIpc) is 2.46. The highest BCUT2D eigenvalue weighted by Gasteiger charge is 2.16. The van der Waals surface area contributed by atoms with E-state index in [9.17, 15) is 4.79 Å². The van der Waals surface area contributed by atoms with Gasteiger partial charge in [0.2, 0.25) is 0 Å². The predicted molar refractivity (Wildman–Crippen MR) is 75.6 cm³/mol. The molecule has 0 spiro atoms. The molecule has 1 fully saturated rings. The van der Waals surface area contributed by atoms with E-state index in [1.807, 2.05) is 18.2 Å². The van der Waals surface area contributed by atoms with Gasteiger partial charge < -0.3 is 15.4 Å².